The van der Waals surface area contributed by atoms with Crippen molar-refractivity contribution >= 4 is 53.7 Å². The molecule has 0 aliphatic carbocycles. The Morgan fingerprint density at radius 3 is 1.52 bits per heavy atom. The van der Waals surface area contributed by atoms with Crippen LogP contribution in [0.4, 0.5) is 9.59 Å². The van der Waals surface area contributed by atoms with E-state index < -0.39 is 77.3 Å². The van der Waals surface area contributed by atoms with Crippen molar-refractivity contribution in [1.82, 2.24) is 21.3 Å². The van der Waals surface area contributed by atoms with Crippen LogP contribution < -0.4 is 21.3 Å². The second-order valence-electron chi connectivity index (χ2n) is 12.9. The first kappa shape index (κ1) is 43.5. The van der Waals surface area contributed by atoms with Gasteiger partial charge in [-0.1, -0.05) is 30.3 Å². The Morgan fingerprint density at radius 1 is 0.620 bits per heavy atom. The number of hydrogen-bond donors (Lipinski definition) is 4. The Hall–Kier alpha value is -4.54. The zero-order chi connectivity index (χ0) is 38.1. The number of thioether (sulfide) groups is 1. The van der Waals surface area contributed by atoms with E-state index in [-0.39, 0.29) is 30.8 Å². The molecule has 50 heavy (non-hydrogen) atoms. The number of hydrogen-bond acceptors (Lipinski definition) is 13. The molecule has 1 aromatic rings. The highest BCUT2D eigenvalue weighted by atomic mass is 32.2. The number of alkyl carbamates (subject to hydrolysis) is 2. The van der Waals surface area contributed by atoms with Gasteiger partial charge in [-0.25, -0.2) is 24.0 Å². The summed E-state index contributed by atoms with van der Waals surface area (Å²) in [4.78, 5) is 88.4. The standard InChI is InChI=1S/C33H50N4O12S/c1-32(2,3)48-30(43)36-22(17-20-13-11-10-12-14-20)26(39)35-21(27(40)45-7)15-16-25(38)34-23(28(41)46-8)18-50-19-24(29(42)47-9)37-31(44)49-33(4,5)6/h10-14,21-24H,15-19H2,1-9H3,(H,34,38)(H,35,39)(H,36,43)(H,37,44)/t21-,22+,23-,24+/m1/s1. The van der Waals surface area contributed by atoms with Crippen LogP contribution in [0.1, 0.15) is 59.9 Å². The molecule has 0 aliphatic heterocycles. The molecule has 16 nitrogen and oxygen atoms in total. The molecule has 0 spiro atoms. The van der Waals surface area contributed by atoms with Gasteiger partial charge in [-0.05, 0) is 53.5 Å². The Balaban J connectivity index is 2.95. The van der Waals surface area contributed by atoms with Crippen molar-refractivity contribution in [1.29, 1.82) is 0 Å². The maximum Gasteiger partial charge on any atom is 0.408 e. The number of benzene rings is 1. The molecule has 4 amide bonds. The van der Waals surface area contributed by atoms with Crippen molar-refractivity contribution in [2.24, 2.45) is 0 Å². The summed E-state index contributed by atoms with van der Waals surface area (Å²) < 4.78 is 24.9. The van der Waals surface area contributed by atoms with Gasteiger partial charge in [0.2, 0.25) is 11.8 Å². The smallest absolute Gasteiger partial charge is 0.408 e. The van der Waals surface area contributed by atoms with Crippen molar-refractivity contribution in [3.05, 3.63) is 35.9 Å². The number of esters is 3. The van der Waals surface area contributed by atoms with Crippen molar-refractivity contribution < 1.29 is 57.2 Å². The van der Waals surface area contributed by atoms with Gasteiger partial charge >= 0.3 is 30.1 Å². The number of methoxy groups -OCH3 is 3. The Kier molecular flexibility index (Phi) is 18.1. The van der Waals surface area contributed by atoms with Crippen LogP contribution >= 0.6 is 11.8 Å². The average Bonchev–Trinajstić information content (AvgIpc) is 3.02. The van der Waals surface area contributed by atoms with E-state index in [4.69, 9.17) is 23.7 Å². The van der Waals surface area contributed by atoms with Crippen LogP contribution in [0.2, 0.25) is 0 Å². The number of nitrogens with one attached hydrogen (secondary N) is 4. The number of rotatable bonds is 17. The minimum absolute atomic E-state index is 0.0345. The molecule has 280 valence electrons. The second-order valence-corrected chi connectivity index (χ2v) is 14.0. The highest BCUT2D eigenvalue weighted by molar-refractivity contribution is 7.99. The third-order valence-corrected chi connectivity index (χ3v) is 7.46. The van der Waals surface area contributed by atoms with Gasteiger partial charge in [0.1, 0.15) is 35.4 Å². The van der Waals surface area contributed by atoms with Crippen LogP contribution in [0.5, 0.6) is 0 Å². The number of amides is 4. The summed E-state index contributed by atoms with van der Waals surface area (Å²) in [6, 6.07) is 4.15. The normalized spacial score (nSPS) is 13.6. The molecule has 0 bridgehead atoms. The third kappa shape index (κ3) is 17.7. The molecule has 0 aliphatic rings. The molecule has 0 saturated heterocycles. The molecular formula is C33H50N4O12S. The summed E-state index contributed by atoms with van der Waals surface area (Å²) in [7, 11) is 3.40. The fraction of sp³-hybridized carbons (Fsp3) is 0.606. The van der Waals surface area contributed by atoms with Gasteiger partial charge in [0, 0.05) is 24.3 Å². The quantitative estimate of drug-likeness (QED) is 0.134. The molecule has 0 aromatic heterocycles. The maximum atomic E-state index is 13.4. The minimum Gasteiger partial charge on any atom is -0.467 e. The van der Waals surface area contributed by atoms with Gasteiger partial charge in [0.05, 0.1) is 21.3 Å². The van der Waals surface area contributed by atoms with Gasteiger partial charge < -0.3 is 45.0 Å². The Labute approximate surface area is 296 Å². The number of ether oxygens (including phenoxy) is 5. The Morgan fingerprint density at radius 2 is 1.06 bits per heavy atom. The van der Waals surface area contributed by atoms with Crippen LogP contribution in [-0.4, -0.2) is 110 Å². The van der Waals surface area contributed by atoms with Gasteiger partial charge in [-0.2, -0.15) is 11.8 Å². The predicted molar refractivity (Wildman–Crippen MR) is 183 cm³/mol. The van der Waals surface area contributed by atoms with E-state index in [2.05, 4.69) is 21.3 Å². The minimum atomic E-state index is -1.29. The molecule has 0 radical (unpaired) electrons. The highest BCUT2D eigenvalue weighted by Gasteiger charge is 2.31. The van der Waals surface area contributed by atoms with Crippen LogP contribution in [-0.2, 0) is 54.1 Å². The van der Waals surface area contributed by atoms with E-state index in [1.54, 1.807) is 71.9 Å². The second kappa shape index (κ2) is 20.9. The SMILES string of the molecule is COC(=O)[C@H](CSC[C@@H](NC(=O)CC[C@@H](NC(=O)[C@H](Cc1ccccc1)NC(=O)OC(C)(C)C)C(=O)OC)C(=O)OC)NC(=O)OC(C)(C)C. The average molecular weight is 727 g/mol. The first-order valence-electron chi connectivity index (χ1n) is 15.7. The maximum absolute atomic E-state index is 13.4. The summed E-state index contributed by atoms with van der Waals surface area (Å²) in [6.45, 7) is 9.99. The summed E-state index contributed by atoms with van der Waals surface area (Å²) in [6.07, 6.45) is -2.16. The molecule has 4 atom stereocenters. The largest absolute Gasteiger partial charge is 0.467 e. The summed E-state index contributed by atoms with van der Waals surface area (Å²) in [5, 5.41) is 10.0. The monoisotopic (exact) mass is 726 g/mol. The third-order valence-electron chi connectivity index (χ3n) is 6.32. The van der Waals surface area contributed by atoms with Gasteiger partial charge in [0.15, 0.2) is 0 Å². The first-order valence-corrected chi connectivity index (χ1v) is 16.9. The summed E-state index contributed by atoms with van der Waals surface area (Å²) in [5.74, 6) is -3.84. The van der Waals surface area contributed by atoms with E-state index in [9.17, 15) is 33.6 Å². The lowest BCUT2D eigenvalue weighted by molar-refractivity contribution is -0.146. The van der Waals surface area contributed by atoms with E-state index in [1.807, 2.05) is 0 Å². The highest BCUT2D eigenvalue weighted by Crippen LogP contribution is 2.13. The van der Waals surface area contributed by atoms with Gasteiger partial charge in [0.25, 0.3) is 0 Å². The predicted octanol–water partition coefficient (Wildman–Crippen LogP) is 2.02. The van der Waals surface area contributed by atoms with E-state index >= 15 is 0 Å². The van der Waals surface area contributed by atoms with E-state index in [1.165, 1.54) is 0 Å². The molecule has 0 unspecified atom stereocenters. The first-order chi connectivity index (χ1) is 23.3. The molecule has 0 saturated carbocycles. The topological polar surface area (TPSA) is 214 Å². The van der Waals surface area contributed by atoms with Crippen molar-refractivity contribution in [2.45, 2.75) is 96.2 Å². The fourth-order valence-corrected chi connectivity index (χ4v) is 5.14. The van der Waals surface area contributed by atoms with Crippen LogP contribution in [0.25, 0.3) is 0 Å². The zero-order valence-electron chi connectivity index (χ0n) is 30.0. The Bertz CT molecular complexity index is 1310. The molecule has 4 N–H and O–H groups in total. The van der Waals surface area contributed by atoms with E-state index in [0.717, 1.165) is 38.7 Å². The van der Waals surface area contributed by atoms with Gasteiger partial charge in [-0.15, -0.1) is 0 Å². The van der Waals surface area contributed by atoms with Crippen LogP contribution in [0, 0.1) is 0 Å². The molecule has 1 aromatic carbocycles. The fourth-order valence-electron chi connectivity index (χ4n) is 4.09. The molecule has 1 rings (SSSR count). The van der Waals surface area contributed by atoms with Crippen molar-refractivity contribution in [3.63, 3.8) is 0 Å². The number of carbonyl (C=O) groups is 7. The van der Waals surface area contributed by atoms with Crippen LogP contribution in [0.3, 0.4) is 0 Å². The zero-order valence-corrected chi connectivity index (χ0v) is 30.9. The van der Waals surface area contributed by atoms with Gasteiger partial charge in [-0.3, -0.25) is 9.59 Å². The van der Waals surface area contributed by atoms with E-state index in [0.29, 0.717) is 0 Å². The molecule has 0 fully saturated rings. The summed E-state index contributed by atoms with van der Waals surface area (Å²) in [5.41, 5.74) is -0.919. The lowest BCUT2D eigenvalue weighted by Crippen LogP contribution is -2.53. The lowest BCUT2D eigenvalue weighted by atomic mass is 10.0. The van der Waals surface area contributed by atoms with Crippen molar-refractivity contribution in [3.8, 4) is 0 Å². The van der Waals surface area contributed by atoms with Crippen molar-refractivity contribution in [2.75, 3.05) is 32.8 Å². The molecule has 17 heteroatoms. The lowest BCUT2D eigenvalue weighted by Gasteiger charge is -2.25. The summed E-state index contributed by atoms with van der Waals surface area (Å²) >= 11 is 1.05. The molecule has 0 heterocycles. The molecular weight excluding hydrogens is 676 g/mol. The number of carbonyl (C=O) groups excluding carboxylic acids is 7. The van der Waals surface area contributed by atoms with Crippen LogP contribution in [0.15, 0.2) is 30.3 Å².